The largest absolute Gasteiger partial charge is 0.452 e. The third-order valence-electron chi connectivity index (χ3n) is 12.9. The number of benzene rings is 4. The molecule has 0 aliphatic carbocycles. The average Bonchev–Trinajstić information content (AvgIpc) is 3.98. The van der Waals surface area contributed by atoms with Crippen molar-refractivity contribution < 1.29 is 56.5 Å². The molecule has 22 heteroatoms. The van der Waals surface area contributed by atoms with Gasteiger partial charge in [-0.1, -0.05) is 31.2 Å². The summed E-state index contributed by atoms with van der Waals surface area (Å²) in [6, 6.07) is 23.6. The van der Waals surface area contributed by atoms with Crippen molar-refractivity contribution in [3.63, 3.8) is 0 Å². The number of hydrogen-bond acceptors (Lipinski definition) is 15. The summed E-state index contributed by atoms with van der Waals surface area (Å²) < 4.78 is 50.8. The molecule has 0 radical (unpaired) electrons. The van der Waals surface area contributed by atoms with Gasteiger partial charge < -0.3 is 54.1 Å². The standard InChI is InChI=1S/C27H33FN4O5.C26H32FN5O5.ClH/c1-4-22-17-32(27(35)37-22)21-8-9-24(23(28)15-21)30-10-12-31(13-11-30)25(33)18-36-26(34)20-7-5-6-19(14-20)16-29(2)3;1-29(2)15-18-4-3-5-19(12-18)25(34)36-17-24(33)31-10-8-30(9-11-31)23-7-6-20(13-22(23)27)32-16-21(14-28)37-26(32)35;/h5-9,14-15,22H,4,10-13,16-18H2,1-3H3;3-7,12-13,21H,8-11,14-17,28H2,1-2H3;1H/t22-;21-;/m00./s1. The van der Waals surface area contributed by atoms with Crippen molar-refractivity contribution in [3.8, 4) is 0 Å². The maximum absolute atomic E-state index is 15.0. The van der Waals surface area contributed by atoms with Gasteiger partial charge in [-0.15, -0.1) is 12.4 Å². The van der Waals surface area contributed by atoms with Crippen molar-refractivity contribution in [1.29, 1.82) is 0 Å². The molecule has 4 aliphatic rings. The molecular weight excluding hydrogens is 996 g/mol. The lowest BCUT2D eigenvalue weighted by Crippen LogP contribution is -2.50. The van der Waals surface area contributed by atoms with Crippen LogP contribution in [0.15, 0.2) is 84.9 Å². The van der Waals surface area contributed by atoms with Gasteiger partial charge in [0.1, 0.15) is 23.8 Å². The number of nitrogens with two attached hydrogens (primary N) is 1. The van der Waals surface area contributed by atoms with Gasteiger partial charge in [0.15, 0.2) is 13.2 Å². The first kappa shape index (κ1) is 57.2. The molecule has 0 saturated carbocycles. The summed E-state index contributed by atoms with van der Waals surface area (Å²) in [7, 11) is 7.77. The Hall–Kier alpha value is -7.07. The Morgan fingerprint density at radius 2 is 1.00 bits per heavy atom. The highest BCUT2D eigenvalue weighted by molar-refractivity contribution is 5.93. The van der Waals surface area contributed by atoms with Crippen LogP contribution in [0, 0.1) is 11.6 Å². The zero-order valence-corrected chi connectivity index (χ0v) is 43.8. The second-order valence-electron chi connectivity index (χ2n) is 18.9. The molecule has 0 spiro atoms. The van der Waals surface area contributed by atoms with Gasteiger partial charge in [-0.2, -0.15) is 0 Å². The third-order valence-corrected chi connectivity index (χ3v) is 12.9. The van der Waals surface area contributed by atoms with Crippen LogP contribution < -0.4 is 25.3 Å². The van der Waals surface area contributed by atoms with Gasteiger partial charge in [0.05, 0.1) is 47.0 Å². The number of amides is 4. The van der Waals surface area contributed by atoms with Gasteiger partial charge in [0, 0.05) is 72.0 Å². The molecule has 0 aromatic heterocycles. The lowest BCUT2D eigenvalue weighted by Gasteiger charge is -2.36. The second-order valence-corrected chi connectivity index (χ2v) is 18.9. The van der Waals surface area contributed by atoms with Crippen molar-refractivity contribution in [2.45, 2.75) is 38.6 Å². The molecule has 4 aromatic rings. The predicted molar refractivity (Wildman–Crippen MR) is 280 cm³/mol. The van der Waals surface area contributed by atoms with Crippen molar-refractivity contribution in [2.75, 3.05) is 133 Å². The zero-order valence-electron chi connectivity index (χ0n) is 43.0. The van der Waals surface area contributed by atoms with E-state index in [-0.39, 0.29) is 56.6 Å². The molecule has 2 atom stereocenters. The van der Waals surface area contributed by atoms with Crippen LogP contribution in [-0.4, -0.2) is 181 Å². The highest BCUT2D eigenvalue weighted by Crippen LogP contribution is 2.31. The van der Waals surface area contributed by atoms with Gasteiger partial charge in [-0.3, -0.25) is 19.4 Å². The Bertz CT molecular complexity index is 2490. The smallest absolute Gasteiger partial charge is 0.414 e. The number of esters is 2. The maximum atomic E-state index is 15.0. The second kappa shape index (κ2) is 26.4. The van der Waals surface area contributed by atoms with E-state index < -0.39 is 41.9 Å². The van der Waals surface area contributed by atoms with Gasteiger partial charge in [-0.05, 0) is 106 Å². The summed E-state index contributed by atoms with van der Waals surface area (Å²) in [5, 5.41) is 0. The first-order chi connectivity index (χ1) is 35.5. The van der Waals surface area contributed by atoms with Crippen LogP contribution in [0.4, 0.5) is 41.1 Å². The van der Waals surface area contributed by atoms with Crippen LogP contribution in [0.1, 0.15) is 45.2 Å². The predicted octanol–water partition coefficient (Wildman–Crippen LogP) is 5.23. The van der Waals surface area contributed by atoms with E-state index in [1.807, 2.05) is 66.8 Å². The number of piperazine rings is 2. The lowest BCUT2D eigenvalue weighted by molar-refractivity contribution is -0.135. The van der Waals surface area contributed by atoms with E-state index in [1.165, 1.54) is 21.9 Å². The molecule has 0 unspecified atom stereocenters. The number of cyclic esters (lactones) is 2. The highest BCUT2D eigenvalue weighted by Gasteiger charge is 2.34. The number of carbonyl (C=O) groups is 6. The Labute approximate surface area is 441 Å². The number of nitrogens with zero attached hydrogens (tertiary/aromatic N) is 8. The molecule has 4 aliphatic heterocycles. The molecule has 404 valence electrons. The fraction of sp³-hybridized carbons (Fsp3) is 0.434. The molecule has 8 rings (SSSR count). The molecule has 4 aromatic carbocycles. The van der Waals surface area contributed by atoms with Crippen molar-refractivity contribution in [1.82, 2.24) is 19.6 Å². The summed E-state index contributed by atoms with van der Waals surface area (Å²) in [4.78, 5) is 87.9. The number of rotatable bonds is 16. The van der Waals surface area contributed by atoms with E-state index in [2.05, 4.69) is 0 Å². The average molecular weight is 1060 g/mol. The van der Waals surface area contributed by atoms with Crippen LogP contribution in [0.25, 0.3) is 0 Å². The first-order valence-electron chi connectivity index (χ1n) is 24.6. The summed E-state index contributed by atoms with van der Waals surface area (Å²) in [5.74, 6) is -2.57. The van der Waals surface area contributed by atoms with E-state index in [1.54, 1.807) is 70.5 Å². The Balaban J connectivity index is 0.000000241. The number of anilines is 4. The lowest BCUT2D eigenvalue weighted by atomic mass is 10.1. The normalized spacial score (nSPS) is 17.6. The molecule has 4 saturated heterocycles. The zero-order chi connectivity index (χ0) is 53.1. The molecule has 19 nitrogen and oxygen atoms in total. The Morgan fingerprint density at radius 3 is 1.35 bits per heavy atom. The SMILES string of the molecule is CC[C@H]1CN(c2ccc(N3CCN(C(=O)COC(=O)c4cccc(CN(C)C)c4)CC3)c(F)c2)C(=O)O1.CN(C)Cc1cccc(C(=O)OCC(=O)N2CCN(c3ccc(N4C[C@H](CN)OC4=O)cc3F)CC2)c1.Cl. The summed E-state index contributed by atoms with van der Waals surface area (Å²) >= 11 is 0. The van der Waals surface area contributed by atoms with Crippen molar-refractivity contribution in [3.05, 3.63) is 119 Å². The van der Waals surface area contributed by atoms with Crippen LogP contribution in [0.2, 0.25) is 0 Å². The van der Waals surface area contributed by atoms with Gasteiger partial charge in [-0.25, -0.2) is 28.0 Å². The number of halogens is 3. The van der Waals surface area contributed by atoms with Crippen molar-refractivity contribution >= 4 is 71.1 Å². The highest BCUT2D eigenvalue weighted by atomic mass is 35.5. The number of carbonyl (C=O) groups excluding carboxylic acids is 6. The summed E-state index contributed by atoms with van der Waals surface area (Å²) in [6.07, 6.45) is -0.902. The van der Waals surface area contributed by atoms with Gasteiger partial charge in [0.2, 0.25) is 0 Å². The molecule has 4 heterocycles. The van der Waals surface area contributed by atoms with Crippen molar-refractivity contribution in [2.24, 2.45) is 5.73 Å². The van der Waals surface area contributed by atoms with E-state index in [4.69, 9.17) is 24.7 Å². The minimum Gasteiger partial charge on any atom is -0.452 e. The minimum absolute atomic E-state index is 0. The molecular formula is C53H66ClF2N9O10. The van der Waals surface area contributed by atoms with Crippen LogP contribution in [0.5, 0.6) is 0 Å². The Morgan fingerprint density at radius 1 is 0.600 bits per heavy atom. The van der Waals surface area contributed by atoms with Crippen LogP contribution in [0.3, 0.4) is 0 Å². The topological polar surface area (TPSA) is 191 Å². The number of ether oxygens (including phenoxy) is 4. The quantitative estimate of drug-likeness (QED) is 0.113. The van der Waals surface area contributed by atoms with Crippen LogP contribution in [-0.2, 0) is 41.6 Å². The van der Waals surface area contributed by atoms with E-state index in [9.17, 15) is 37.5 Å². The fourth-order valence-corrected chi connectivity index (χ4v) is 8.96. The monoisotopic (exact) mass is 1060 g/mol. The van der Waals surface area contributed by atoms with Gasteiger partial charge >= 0.3 is 24.1 Å². The van der Waals surface area contributed by atoms with E-state index >= 15 is 0 Å². The van der Waals surface area contributed by atoms with Crippen LogP contribution >= 0.6 is 12.4 Å². The number of hydrogen-bond donors (Lipinski definition) is 1. The third kappa shape index (κ3) is 15.0. The summed E-state index contributed by atoms with van der Waals surface area (Å²) in [5.41, 5.74) is 10.00. The Kier molecular flexibility index (Phi) is 20.2. The fourth-order valence-electron chi connectivity index (χ4n) is 8.96. The van der Waals surface area contributed by atoms with E-state index in [0.29, 0.717) is 112 Å². The molecule has 4 fully saturated rings. The molecule has 75 heavy (non-hydrogen) atoms. The molecule has 0 bridgehead atoms. The minimum atomic E-state index is -0.547. The van der Waals surface area contributed by atoms with Gasteiger partial charge in [0.25, 0.3) is 11.8 Å². The molecule has 4 amide bonds. The first-order valence-corrected chi connectivity index (χ1v) is 24.6. The summed E-state index contributed by atoms with van der Waals surface area (Å²) in [6.45, 7) is 6.72. The molecule has 2 N–H and O–H groups in total. The van der Waals surface area contributed by atoms with E-state index in [0.717, 1.165) is 11.1 Å². The maximum Gasteiger partial charge on any atom is 0.414 e.